The van der Waals surface area contributed by atoms with Crippen LogP contribution in [0.4, 0.5) is 0 Å². The third-order valence-electron chi connectivity index (χ3n) is 2.63. The number of hydrogen-bond acceptors (Lipinski definition) is 2. The lowest BCUT2D eigenvalue weighted by Crippen LogP contribution is -1.81. The van der Waals surface area contributed by atoms with Crippen LogP contribution in [-0.2, 0) is 0 Å². The number of unbranched alkanes of at least 4 members (excludes halogenated alkanes) is 9. The minimum Gasteiger partial charge on any atom is -0.481 e. The average Bonchev–Trinajstić information content (AvgIpc) is 2.20. The molecule has 0 spiro atoms. The van der Waals surface area contributed by atoms with E-state index in [0.29, 0.717) is 0 Å². The van der Waals surface area contributed by atoms with Gasteiger partial charge in [0.25, 0.3) is 5.95 Å². The maximum Gasteiger partial charge on any atom is 0.269 e. The predicted molar refractivity (Wildman–Crippen MR) is 65.2 cm³/mol. The molecule has 0 heterocycles. The van der Waals surface area contributed by atoms with Crippen molar-refractivity contribution in [1.29, 1.82) is 0 Å². The fourth-order valence-electron chi connectivity index (χ4n) is 1.69. The summed E-state index contributed by atoms with van der Waals surface area (Å²) in [7, 11) is 0. The first-order valence-electron chi connectivity index (χ1n) is 6.35. The van der Waals surface area contributed by atoms with Gasteiger partial charge in [-0.3, -0.25) is 0 Å². The largest absolute Gasteiger partial charge is 0.481 e. The van der Waals surface area contributed by atoms with E-state index in [1.807, 2.05) is 0 Å². The van der Waals surface area contributed by atoms with Crippen molar-refractivity contribution in [2.24, 2.45) is 0 Å². The molecule has 0 radical (unpaired) electrons. The van der Waals surface area contributed by atoms with Gasteiger partial charge in [0.05, 0.1) is 0 Å². The smallest absolute Gasteiger partial charge is 0.269 e. The zero-order valence-corrected chi connectivity index (χ0v) is 10.0. The quantitative estimate of drug-likeness (QED) is 0.402. The Morgan fingerprint density at radius 2 is 1.27 bits per heavy atom. The van der Waals surface area contributed by atoms with Crippen molar-refractivity contribution >= 4 is 0 Å². The minimum absolute atomic E-state index is 0.533. The van der Waals surface area contributed by atoms with E-state index in [1.165, 1.54) is 57.4 Å². The summed E-state index contributed by atoms with van der Waals surface area (Å²) >= 11 is 0. The van der Waals surface area contributed by atoms with Crippen LogP contribution >= 0.6 is 0 Å². The van der Waals surface area contributed by atoms with Crippen LogP contribution in [0.15, 0.2) is 12.0 Å². The van der Waals surface area contributed by atoms with Gasteiger partial charge in [0.2, 0.25) is 0 Å². The van der Waals surface area contributed by atoms with E-state index in [2.05, 4.69) is 6.92 Å². The highest BCUT2D eigenvalue weighted by atomic mass is 16.5. The predicted octanol–water partition coefficient (Wildman–Crippen LogP) is 4.86. The molecular weight excluding hydrogens is 188 g/mol. The van der Waals surface area contributed by atoms with Gasteiger partial charge in [0, 0.05) is 0 Å². The second-order valence-electron chi connectivity index (χ2n) is 4.18. The maximum atomic E-state index is 8.49. The first-order chi connectivity index (χ1) is 7.27. The second-order valence-corrected chi connectivity index (χ2v) is 4.18. The van der Waals surface area contributed by atoms with Crippen molar-refractivity contribution in [1.82, 2.24) is 0 Å². The molecule has 0 amide bonds. The summed E-state index contributed by atoms with van der Waals surface area (Å²) in [4.78, 5) is 0. The molecule has 0 unspecified atom stereocenters. The highest BCUT2D eigenvalue weighted by Crippen LogP contribution is 2.10. The van der Waals surface area contributed by atoms with E-state index in [0.717, 1.165) is 12.8 Å². The summed E-state index contributed by atoms with van der Waals surface area (Å²) in [5.41, 5.74) is 0. The first-order valence-corrected chi connectivity index (χ1v) is 6.35. The first kappa shape index (κ1) is 14.3. The summed E-state index contributed by atoms with van der Waals surface area (Å²) in [6, 6.07) is 0. The van der Waals surface area contributed by atoms with Crippen LogP contribution < -0.4 is 0 Å². The average molecular weight is 214 g/mol. The lowest BCUT2D eigenvalue weighted by molar-refractivity contribution is 0.189. The van der Waals surface area contributed by atoms with E-state index in [4.69, 9.17) is 10.2 Å². The number of rotatable bonds is 10. The fourth-order valence-corrected chi connectivity index (χ4v) is 1.69. The molecule has 0 atom stereocenters. The van der Waals surface area contributed by atoms with Crippen molar-refractivity contribution in [3.8, 4) is 0 Å². The lowest BCUT2D eigenvalue weighted by Gasteiger charge is -2.00. The van der Waals surface area contributed by atoms with E-state index >= 15 is 0 Å². The standard InChI is InChI=1S/C13H26O2/c1-2-3-4-5-6-7-8-9-10-11-12-13(14)15/h12,14-15H,2-11H2,1H3. The topological polar surface area (TPSA) is 40.5 Å². The monoisotopic (exact) mass is 214 g/mol. The molecule has 2 nitrogen and oxygen atoms in total. The van der Waals surface area contributed by atoms with Crippen molar-refractivity contribution in [3.63, 3.8) is 0 Å². The summed E-state index contributed by atoms with van der Waals surface area (Å²) in [6.07, 6.45) is 14.0. The van der Waals surface area contributed by atoms with Crippen molar-refractivity contribution < 1.29 is 10.2 Å². The minimum atomic E-state index is -0.533. The Morgan fingerprint density at radius 1 is 0.800 bits per heavy atom. The van der Waals surface area contributed by atoms with Gasteiger partial charge in [-0.1, -0.05) is 58.3 Å². The van der Waals surface area contributed by atoms with Crippen LogP contribution in [-0.4, -0.2) is 10.2 Å². The van der Waals surface area contributed by atoms with E-state index < -0.39 is 5.95 Å². The van der Waals surface area contributed by atoms with Crippen LogP contribution in [0.25, 0.3) is 0 Å². The van der Waals surface area contributed by atoms with E-state index in [9.17, 15) is 0 Å². The molecule has 0 aliphatic carbocycles. The molecule has 15 heavy (non-hydrogen) atoms. The van der Waals surface area contributed by atoms with Gasteiger partial charge < -0.3 is 10.2 Å². The number of aliphatic hydroxyl groups excluding tert-OH is 1. The summed E-state index contributed by atoms with van der Waals surface area (Å²) in [5.74, 6) is -0.533. The number of hydrogen-bond donors (Lipinski definition) is 2. The molecule has 2 heteroatoms. The van der Waals surface area contributed by atoms with Gasteiger partial charge in [-0.2, -0.15) is 0 Å². The van der Waals surface area contributed by atoms with Crippen molar-refractivity contribution in [3.05, 3.63) is 12.0 Å². The van der Waals surface area contributed by atoms with Crippen LogP contribution in [0.1, 0.15) is 71.1 Å². The maximum absolute atomic E-state index is 8.49. The molecule has 0 aromatic heterocycles. The zero-order chi connectivity index (χ0) is 11.4. The summed E-state index contributed by atoms with van der Waals surface area (Å²) in [6.45, 7) is 2.24. The Labute approximate surface area is 94.0 Å². The van der Waals surface area contributed by atoms with Gasteiger partial charge >= 0.3 is 0 Å². The molecule has 0 bridgehead atoms. The van der Waals surface area contributed by atoms with Gasteiger partial charge in [0.15, 0.2) is 0 Å². The Morgan fingerprint density at radius 3 is 1.73 bits per heavy atom. The highest BCUT2D eigenvalue weighted by molar-refractivity contribution is 4.78. The highest BCUT2D eigenvalue weighted by Gasteiger charge is 1.91. The lowest BCUT2D eigenvalue weighted by atomic mass is 10.1. The van der Waals surface area contributed by atoms with Crippen LogP contribution in [0.2, 0.25) is 0 Å². The van der Waals surface area contributed by atoms with Gasteiger partial charge in [0.1, 0.15) is 0 Å². The molecular formula is C13H26O2. The molecule has 0 saturated heterocycles. The SMILES string of the molecule is CCCCCCCCCCCC=C(O)O. The summed E-state index contributed by atoms with van der Waals surface area (Å²) in [5, 5.41) is 17.0. The van der Waals surface area contributed by atoms with Crippen LogP contribution in [0.3, 0.4) is 0 Å². The molecule has 0 rings (SSSR count). The van der Waals surface area contributed by atoms with E-state index in [1.54, 1.807) is 0 Å². The number of allylic oxidation sites excluding steroid dienone is 1. The van der Waals surface area contributed by atoms with Gasteiger partial charge in [-0.15, -0.1) is 0 Å². The second kappa shape index (κ2) is 11.4. The molecule has 0 saturated carbocycles. The van der Waals surface area contributed by atoms with Crippen molar-refractivity contribution in [2.75, 3.05) is 0 Å². The van der Waals surface area contributed by atoms with Gasteiger partial charge in [-0.05, 0) is 18.9 Å². The normalized spacial score (nSPS) is 10.2. The van der Waals surface area contributed by atoms with Crippen LogP contribution in [0, 0.1) is 0 Å². The molecule has 0 aromatic rings. The fraction of sp³-hybridized carbons (Fsp3) is 0.846. The zero-order valence-electron chi connectivity index (χ0n) is 10.0. The summed E-state index contributed by atoms with van der Waals surface area (Å²) < 4.78 is 0. The third kappa shape index (κ3) is 13.3. The molecule has 0 aliphatic heterocycles. The molecule has 2 N–H and O–H groups in total. The number of aliphatic hydroxyl groups is 2. The van der Waals surface area contributed by atoms with E-state index in [-0.39, 0.29) is 0 Å². The van der Waals surface area contributed by atoms with Crippen molar-refractivity contribution in [2.45, 2.75) is 71.1 Å². The van der Waals surface area contributed by atoms with Gasteiger partial charge in [-0.25, -0.2) is 0 Å². The molecule has 0 aromatic carbocycles. The Bertz CT molecular complexity index is 149. The Kier molecular flexibility index (Phi) is 10.9. The molecule has 0 fully saturated rings. The molecule has 90 valence electrons. The van der Waals surface area contributed by atoms with Crippen LogP contribution in [0.5, 0.6) is 0 Å². The third-order valence-corrected chi connectivity index (χ3v) is 2.63. The molecule has 0 aliphatic rings. The Balaban J connectivity index is 2.96. The Hall–Kier alpha value is -0.660.